The van der Waals surface area contributed by atoms with E-state index >= 15 is 0 Å². The van der Waals surface area contributed by atoms with E-state index in [0.717, 1.165) is 27.2 Å². The second-order valence-corrected chi connectivity index (χ2v) is 9.69. The molecule has 4 aliphatic rings. The lowest BCUT2D eigenvalue weighted by Crippen LogP contribution is -2.41. The average Bonchev–Trinajstić information content (AvgIpc) is 3.53. The van der Waals surface area contributed by atoms with Gasteiger partial charge in [0.1, 0.15) is 0 Å². The summed E-state index contributed by atoms with van der Waals surface area (Å²) in [7, 11) is 0. The molecule has 0 spiro atoms. The zero-order valence-corrected chi connectivity index (χ0v) is 19.5. The molecule has 8 rings (SSSR count). The van der Waals surface area contributed by atoms with Crippen molar-refractivity contribution < 1.29 is 23.5 Å². The van der Waals surface area contributed by atoms with E-state index in [2.05, 4.69) is 24.3 Å². The summed E-state index contributed by atoms with van der Waals surface area (Å²) in [5, 5.41) is 0.313. The van der Waals surface area contributed by atoms with Crippen molar-refractivity contribution in [3.8, 4) is 5.75 Å². The van der Waals surface area contributed by atoms with Gasteiger partial charge in [-0.25, -0.2) is 9.69 Å². The minimum absolute atomic E-state index is 0.00703. The molecule has 4 aromatic rings. The number of amides is 2. The molecule has 0 N–H and O–H groups in total. The van der Waals surface area contributed by atoms with Crippen molar-refractivity contribution in [3.63, 3.8) is 0 Å². The third-order valence-electron chi connectivity index (χ3n) is 7.54. The predicted octanol–water partition coefficient (Wildman–Crippen LogP) is 5.55. The maximum absolute atomic E-state index is 14.0. The smallest absolute Gasteiger partial charge is 0.379 e. The first-order valence-corrected chi connectivity index (χ1v) is 12.0. The summed E-state index contributed by atoms with van der Waals surface area (Å²) in [5.74, 6) is -2.89. The van der Waals surface area contributed by atoms with Gasteiger partial charge in [0.05, 0.1) is 23.8 Å². The number of esters is 1. The van der Waals surface area contributed by atoms with Crippen LogP contribution in [-0.2, 0) is 9.59 Å². The van der Waals surface area contributed by atoms with Crippen LogP contribution >= 0.6 is 11.6 Å². The van der Waals surface area contributed by atoms with Crippen LogP contribution < -0.4 is 9.64 Å². The van der Waals surface area contributed by atoms with Crippen LogP contribution in [0.5, 0.6) is 5.75 Å². The highest BCUT2D eigenvalue weighted by atomic mass is 35.5. The van der Waals surface area contributed by atoms with E-state index in [-0.39, 0.29) is 40.8 Å². The van der Waals surface area contributed by atoms with Crippen LogP contribution in [-0.4, -0.2) is 17.8 Å². The minimum Gasteiger partial charge on any atom is -0.457 e. The standard InChI is InChI=1S/C29H18ClNO5/c30-15-11-12-21(36-29(34)22-10-5-13-35-22)20(14-15)31-27(32)25-23-16-6-1-2-7-17(16)24(26(25)28(31)33)19-9-4-3-8-18(19)23/h1-14,23-26H. The molecule has 7 heteroatoms. The lowest BCUT2D eigenvalue weighted by atomic mass is 9.55. The van der Waals surface area contributed by atoms with Crippen molar-refractivity contribution in [1.29, 1.82) is 0 Å². The van der Waals surface area contributed by atoms with Gasteiger partial charge in [0, 0.05) is 16.9 Å². The van der Waals surface area contributed by atoms with Crippen molar-refractivity contribution in [3.05, 3.63) is 118 Å². The molecule has 0 saturated carbocycles. The number of nitrogens with zero attached hydrogens (tertiary/aromatic N) is 1. The van der Waals surface area contributed by atoms with Crippen molar-refractivity contribution in [1.82, 2.24) is 0 Å². The van der Waals surface area contributed by atoms with Gasteiger partial charge in [-0.15, -0.1) is 0 Å². The molecule has 36 heavy (non-hydrogen) atoms. The SMILES string of the molecule is O=C(Oc1ccc(Cl)cc1N1C(=O)C2C3c4ccccc4C(c4ccccc43)C2C1=O)c1ccco1. The van der Waals surface area contributed by atoms with Gasteiger partial charge < -0.3 is 9.15 Å². The van der Waals surface area contributed by atoms with Gasteiger partial charge in [-0.2, -0.15) is 0 Å². The van der Waals surface area contributed by atoms with E-state index in [1.54, 1.807) is 12.1 Å². The fraction of sp³-hybridized carbons (Fsp3) is 0.138. The summed E-state index contributed by atoms with van der Waals surface area (Å²) in [6.07, 6.45) is 1.36. The molecule has 2 atom stereocenters. The second kappa shape index (κ2) is 7.67. The summed E-state index contributed by atoms with van der Waals surface area (Å²) in [6.45, 7) is 0. The van der Waals surface area contributed by atoms with Crippen molar-refractivity contribution in [2.75, 3.05) is 4.90 Å². The summed E-state index contributed by atoms with van der Waals surface area (Å²) in [6, 6.07) is 23.7. The molecule has 176 valence electrons. The van der Waals surface area contributed by atoms with Crippen LogP contribution in [0.25, 0.3) is 0 Å². The molecular formula is C29H18ClNO5. The second-order valence-electron chi connectivity index (χ2n) is 9.26. The minimum atomic E-state index is -0.736. The van der Waals surface area contributed by atoms with Gasteiger partial charge in [-0.1, -0.05) is 60.1 Å². The first-order valence-electron chi connectivity index (χ1n) is 11.7. The molecule has 0 radical (unpaired) electrons. The molecule has 3 aliphatic carbocycles. The number of imide groups is 1. The quantitative estimate of drug-likeness (QED) is 0.211. The monoisotopic (exact) mass is 495 g/mol. The van der Waals surface area contributed by atoms with Gasteiger partial charge in [0.15, 0.2) is 5.75 Å². The van der Waals surface area contributed by atoms with Crippen LogP contribution in [0, 0.1) is 11.8 Å². The Balaban J connectivity index is 1.35. The maximum atomic E-state index is 14.0. The molecule has 1 aromatic heterocycles. The normalized spacial score (nSPS) is 23.3. The van der Waals surface area contributed by atoms with Crippen molar-refractivity contribution in [2.24, 2.45) is 11.8 Å². The number of hydrogen-bond acceptors (Lipinski definition) is 5. The van der Waals surface area contributed by atoms with Crippen molar-refractivity contribution >= 4 is 35.1 Å². The van der Waals surface area contributed by atoms with Gasteiger partial charge >= 0.3 is 5.97 Å². The van der Waals surface area contributed by atoms with E-state index in [4.69, 9.17) is 20.8 Å². The molecular weight excluding hydrogens is 478 g/mol. The number of hydrogen-bond donors (Lipinski definition) is 0. The van der Waals surface area contributed by atoms with Gasteiger partial charge in [-0.05, 0) is 52.6 Å². The van der Waals surface area contributed by atoms with Crippen LogP contribution in [0.15, 0.2) is 89.5 Å². The highest BCUT2D eigenvalue weighted by Crippen LogP contribution is 2.61. The topological polar surface area (TPSA) is 76.8 Å². The number of rotatable bonds is 3. The highest BCUT2D eigenvalue weighted by Gasteiger charge is 2.62. The molecule has 2 bridgehead atoms. The third-order valence-corrected chi connectivity index (χ3v) is 7.77. The Morgan fingerprint density at radius 3 is 1.83 bits per heavy atom. The molecule has 6 nitrogen and oxygen atoms in total. The Kier molecular flexibility index (Phi) is 4.51. The maximum Gasteiger partial charge on any atom is 0.379 e. The number of benzene rings is 3. The fourth-order valence-corrected chi connectivity index (χ4v) is 6.38. The number of carbonyl (C=O) groups is 3. The van der Waals surface area contributed by atoms with Gasteiger partial charge in [0.25, 0.3) is 0 Å². The summed E-state index contributed by atoms with van der Waals surface area (Å²) in [5.41, 5.74) is 4.49. The molecule has 3 aromatic carbocycles. The molecule has 2 heterocycles. The van der Waals surface area contributed by atoms with E-state index in [0.29, 0.717) is 5.02 Å². The van der Waals surface area contributed by atoms with Crippen LogP contribution in [0.2, 0.25) is 5.02 Å². The first kappa shape index (κ1) is 21.1. The van der Waals surface area contributed by atoms with Crippen LogP contribution in [0.4, 0.5) is 5.69 Å². The zero-order valence-electron chi connectivity index (χ0n) is 18.8. The Hall–Kier alpha value is -4.16. The van der Waals surface area contributed by atoms with E-state index in [1.807, 2.05) is 24.3 Å². The van der Waals surface area contributed by atoms with E-state index < -0.39 is 17.8 Å². The van der Waals surface area contributed by atoms with Crippen molar-refractivity contribution in [2.45, 2.75) is 11.8 Å². The Bertz CT molecular complexity index is 1460. The molecule has 1 aliphatic heterocycles. The lowest BCUT2D eigenvalue weighted by molar-refractivity contribution is -0.122. The third kappa shape index (κ3) is 2.82. The Morgan fingerprint density at radius 2 is 1.33 bits per heavy atom. The largest absolute Gasteiger partial charge is 0.457 e. The van der Waals surface area contributed by atoms with E-state index in [1.165, 1.54) is 24.5 Å². The average molecular weight is 496 g/mol. The molecule has 2 unspecified atom stereocenters. The van der Waals surface area contributed by atoms with Crippen LogP contribution in [0.3, 0.4) is 0 Å². The van der Waals surface area contributed by atoms with Gasteiger partial charge in [0.2, 0.25) is 17.6 Å². The number of anilines is 1. The Morgan fingerprint density at radius 1 is 0.778 bits per heavy atom. The first-order chi connectivity index (χ1) is 17.5. The number of carbonyl (C=O) groups excluding carboxylic acids is 3. The predicted molar refractivity (Wildman–Crippen MR) is 131 cm³/mol. The number of ether oxygens (including phenoxy) is 1. The Labute approximate surface area is 211 Å². The molecule has 1 saturated heterocycles. The number of furan rings is 1. The zero-order chi connectivity index (χ0) is 24.6. The van der Waals surface area contributed by atoms with Crippen LogP contribution in [0.1, 0.15) is 44.6 Å². The fourth-order valence-electron chi connectivity index (χ4n) is 6.21. The highest BCUT2D eigenvalue weighted by molar-refractivity contribution is 6.32. The lowest BCUT2D eigenvalue weighted by Gasteiger charge is -2.45. The summed E-state index contributed by atoms with van der Waals surface area (Å²) >= 11 is 6.29. The summed E-state index contributed by atoms with van der Waals surface area (Å²) in [4.78, 5) is 41.9. The summed E-state index contributed by atoms with van der Waals surface area (Å²) < 4.78 is 10.7. The molecule has 1 fully saturated rings. The number of halogens is 1. The van der Waals surface area contributed by atoms with E-state index in [9.17, 15) is 14.4 Å². The van der Waals surface area contributed by atoms with Gasteiger partial charge in [-0.3, -0.25) is 9.59 Å². The molecule has 2 amide bonds.